The van der Waals surface area contributed by atoms with Gasteiger partial charge in [0.2, 0.25) is 0 Å². The zero-order valence-electron chi connectivity index (χ0n) is 19.6. The van der Waals surface area contributed by atoms with Gasteiger partial charge in [0.1, 0.15) is 0 Å². The lowest BCUT2D eigenvalue weighted by molar-refractivity contribution is -0.115. The van der Waals surface area contributed by atoms with Gasteiger partial charge in [-0.15, -0.1) is 0 Å². The van der Waals surface area contributed by atoms with Gasteiger partial charge in [-0.05, 0) is 62.7 Å². The molecular formula is C26H35N5O. The third-order valence-electron chi connectivity index (χ3n) is 5.73. The fraction of sp³-hybridized carbons (Fsp3) is 0.462. The van der Waals surface area contributed by atoms with Crippen LogP contribution < -0.4 is 11.2 Å². The predicted molar refractivity (Wildman–Crippen MR) is 132 cm³/mol. The average molecular weight is 434 g/mol. The van der Waals surface area contributed by atoms with Crippen LogP contribution in [0, 0.1) is 18.3 Å². The molecule has 6 heteroatoms. The smallest absolute Gasteiger partial charge is 0.273 e. The third-order valence-corrected chi connectivity index (χ3v) is 5.73. The second-order valence-electron chi connectivity index (χ2n) is 8.31. The van der Waals surface area contributed by atoms with Crippen molar-refractivity contribution >= 4 is 17.8 Å². The van der Waals surface area contributed by atoms with Crippen LogP contribution in [0.2, 0.25) is 0 Å². The van der Waals surface area contributed by atoms with Crippen molar-refractivity contribution in [3.63, 3.8) is 0 Å². The summed E-state index contributed by atoms with van der Waals surface area (Å²) in [5.41, 5.74) is 4.14. The number of carbonyl (C=O) groups is 1. The van der Waals surface area contributed by atoms with Crippen LogP contribution in [0.3, 0.4) is 0 Å². The number of benzene rings is 1. The number of hydrogen-bond donors (Lipinski definition) is 2. The highest BCUT2D eigenvalue weighted by Crippen LogP contribution is 2.38. The molecule has 1 aliphatic rings. The summed E-state index contributed by atoms with van der Waals surface area (Å²) in [5, 5.41) is 16.0. The lowest BCUT2D eigenvalue weighted by Gasteiger charge is -2.36. The summed E-state index contributed by atoms with van der Waals surface area (Å²) in [6.07, 6.45) is 12.4. The summed E-state index contributed by atoms with van der Waals surface area (Å²) in [7, 11) is 0. The highest BCUT2D eigenvalue weighted by atomic mass is 16.2. The van der Waals surface area contributed by atoms with Gasteiger partial charge in [-0.3, -0.25) is 9.79 Å². The molecule has 1 aromatic rings. The summed E-state index contributed by atoms with van der Waals surface area (Å²) >= 11 is 0. The van der Waals surface area contributed by atoms with E-state index in [1.807, 2.05) is 26.0 Å². The van der Waals surface area contributed by atoms with Crippen molar-refractivity contribution < 1.29 is 4.79 Å². The van der Waals surface area contributed by atoms with Gasteiger partial charge >= 0.3 is 0 Å². The van der Waals surface area contributed by atoms with Gasteiger partial charge in [0, 0.05) is 6.04 Å². The summed E-state index contributed by atoms with van der Waals surface area (Å²) < 4.78 is 0. The van der Waals surface area contributed by atoms with Gasteiger partial charge in [-0.2, -0.15) is 10.4 Å². The van der Waals surface area contributed by atoms with Crippen LogP contribution in [0.5, 0.6) is 0 Å². The maximum Gasteiger partial charge on any atom is 0.273 e. The van der Waals surface area contributed by atoms with Crippen molar-refractivity contribution in [2.24, 2.45) is 15.9 Å². The number of rotatable bonds is 10. The quantitative estimate of drug-likeness (QED) is 0.242. The number of amides is 1. The molecule has 6 nitrogen and oxygen atoms in total. The maximum atomic E-state index is 12.6. The minimum absolute atomic E-state index is 0.0367. The SMILES string of the molecule is CC/C=C/C(=C\CCC)C(C)N=C/C(=N\N)C(=O)NC1CC(c2cc(C)ccc2C#N)C1. The Morgan fingerprint density at radius 2 is 2.12 bits per heavy atom. The van der Waals surface area contributed by atoms with Crippen molar-refractivity contribution in [3.8, 4) is 6.07 Å². The molecule has 0 saturated heterocycles. The Kier molecular flexibility index (Phi) is 9.87. The number of nitrogens with two attached hydrogens (primary N) is 1. The number of carbonyl (C=O) groups excluding carboxylic acids is 1. The molecule has 2 rings (SSSR count). The second kappa shape index (κ2) is 12.6. The van der Waals surface area contributed by atoms with E-state index in [-0.39, 0.29) is 29.6 Å². The highest BCUT2D eigenvalue weighted by molar-refractivity contribution is 6.60. The fourth-order valence-corrected chi connectivity index (χ4v) is 3.73. The Hall–Kier alpha value is -3.20. The zero-order valence-corrected chi connectivity index (χ0v) is 19.6. The normalized spacial score (nSPS) is 20.2. The molecule has 0 heterocycles. The number of nitrogens with one attached hydrogen (secondary N) is 1. The molecule has 32 heavy (non-hydrogen) atoms. The number of aliphatic imine (C=N–C) groups is 1. The van der Waals surface area contributed by atoms with Crippen LogP contribution in [0.25, 0.3) is 0 Å². The molecule has 1 atom stereocenters. The third kappa shape index (κ3) is 6.91. The lowest BCUT2D eigenvalue weighted by atomic mass is 9.74. The van der Waals surface area contributed by atoms with Crippen molar-refractivity contribution in [1.29, 1.82) is 5.26 Å². The van der Waals surface area contributed by atoms with E-state index < -0.39 is 0 Å². The molecule has 0 bridgehead atoms. The second-order valence-corrected chi connectivity index (χ2v) is 8.31. The van der Waals surface area contributed by atoms with Crippen molar-refractivity contribution in [3.05, 3.63) is 58.7 Å². The molecule has 0 aromatic heterocycles. The summed E-state index contributed by atoms with van der Waals surface area (Å²) in [5.74, 6) is 5.43. The van der Waals surface area contributed by atoms with Crippen molar-refractivity contribution in [2.75, 3.05) is 0 Å². The van der Waals surface area contributed by atoms with Crippen LogP contribution in [0.15, 0.2) is 52.1 Å². The first-order valence-corrected chi connectivity index (χ1v) is 11.4. The minimum atomic E-state index is -0.320. The standard InChI is InChI=1S/C26H35N5O/c1-5-7-9-20(10-8-6-2)19(4)29-17-25(31-28)26(32)30-23-14-22(15-23)24-13-18(3)11-12-21(24)16-27/h7,9-13,17,19,22-23H,5-6,8,14-15,28H2,1-4H3,(H,30,32)/b9-7+,20-10+,29-17?,31-25+. The Labute approximate surface area is 192 Å². The number of hydrogen-bond acceptors (Lipinski definition) is 5. The van der Waals surface area contributed by atoms with Crippen LogP contribution >= 0.6 is 0 Å². The topological polar surface area (TPSA) is 104 Å². The molecule has 0 aliphatic heterocycles. The fourth-order valence-electron chi connectivity index (χ4n) is 3.73. The number of aryl methyl sites for hydroxylation is 1. The van der Waals surface area contributed by atoms with E-state index in [0.717, 1.165) is 48.8 Å². The molecule has 1 aromatic carbocycles. The van der Waals surface area contributed by atoms with E-state index in [2.05, 4.69) is 59.6 Å². The van der Waals surface area contributed by atoms with Gasteiger partial charge in [0.25, 0.3) is 5.91 Å². The molecule has 1 fully saturated rings. The summed E-state index contributed by atoms with van der Waals surface area (Å²) in [6, 6.07) is 8.10. The van der Waals surface area contributed by atoms with E-state index in [1.54, 1.807) is 0 Å². The van der Waals surface area contributed by atoms with Crippen LogP contribution in [0.4, 0.5) is 0 Å². The number of unbranched alkanes of at least 4 members (excludes halogenated alkanes) is 1. The van der Waals surface area contributed by atoms with Crippen LogP contribution in [-0.2, 0) is 4.79 Å². The maximum absolute atomic E-state index is 12.6. The van der Waals surface area contributed by atoms with E-state index >= 15 is 0 Å². The first-order chi connectivity index (χ1) is 15.4. The summed E-state index contributed by atoms with van der Waals surface area (Å²) in [6.45, 7) is 8.25. The number of allylic oxidation sites excluding steroid dienone is 2. The Bertz CT molecular complexity index is 945. The molecular weight excluding hydrogens is 398 g/mol. The molecule has 1 amide bonds. The zero-order chi connectivity index (χ0) is 23.5. The van der Waals surface area contributed by atoms with Gasteiger partial charge in [0.05, 0.1) is 23.9 Å². The highest BCUT2D eigenvalue weighted by Gasteiger charge is 2.33. The monoisotopic (exact) mass is 433 g/mol. The first-order valence-electron chi connectivity index (χ1n) is 11.4. The molecule has 1 aliphatic carbocycles. The largest absolute Gasteiger partial charge is 0.348 e. The van der Waals surface area contributed by atoms with E-state index in [9.17, 15) is 10.1 Å². The van der Waals surface area contributed by atoms with E-state index in [0.29, 0.717) is 5.56 Å². The van der Waals surface area contributed by atoms with Crippen molar-refractivity contribution in [1.82, 2.24) is 5.32 Å². The molecule has 170 valence electrons. The molecule has 0 spiro atoms. The first kappa shape index (κ1) is 25.1. The number of hydrazone groups is 1. The van der Waals surface area contributed by atoms with Gasteiger partial charge in [0.15, 0.2) is 5.71 Å². The summed E-state index contributed by atoms with van der Waals surface area (Å²) in [4.78, 5) is 17.1. The van der Waals surface area contributed by atoms with Gasteiger partial charge < -0.3 is 11.2 Å². The van der Waals surface area contributed by atoms with E-state index in [1.165, 1.54) is 6.21 Å². The van der Waals surface area contributed by atoms with Crippen LogP contribution in [0.1, 0.15) is 75.5 Å². The minimum Gasteiger partial charge on any atom is -0.348 e. The van der Waals surface area contributed by atoms with Gasteiger partial charge in [-0.1, -0.05) is 56.2 Å². The lowest BCUT2D eigenvalue weighted by Crippen LogP contribution is -2.46. The Morgan fingerprint density at radius 1 is 1.38 bits per heavy atom. The van der Waals surface area contributed by atoms with E-state index in [4.69, 9.17) is 5.84 Å². The van der Waals surface area contributed by atoms with Crippen LogP contribution in [-0.4, -0.2) is 29.9 Å². The average Bonchev–Trinajstić information content (AvgIpc) is 2.76. The molecule has 0 radical (unpaired) electrons. The van der Waals surface area contributed by atoms with Crippen molar-refractivity contribution in [2.45, 2.75) is 77.8 Å². The Balaban J connectivity index is 1.96. The number of nitrogens with zero attached hydrogens (tertiary/aromatic N) is 3. The molecule has 1 saturated carbocycles. The molecule has 3 N–H and O–H groups in total. The van der Waals surface area contributed by atoms with Gasteiger partial charge in [-0.25, -0.2) is 0 Å². The predicted octanol–water partition coefficient (Wildman–Crippen LogP) is 4.70. The molecule has 1 unspecified atom stereocenters. The number of nitriles is 1. The Morgan fingerprint density at radius 3 is 2.75 bits per heavy atom.